The number of allylic oxidation sites excluding steroid dienone is 1. The molecule has 3 nitrogen and oxygen atoms in total. The number of Topliss-reactive ketones (excluding diaryl/α,β-unsaturated/α-hetero) is 1. The molecule has 1 saturated heterocycles. The van der Waals surface area contributed by atoms with Gasteiger partial charge in [0.25, 0.3) is 0 Å². The minimum atomic E-state index is -0.486. The quantitative estimate of drug-likeness (QED) is 0.386. The third-order valence-electron chi connectivity index (χ3n) is 2.01. The molecule has 1 N–H and O–H groups in total. The Morgan fingerprint density at radius 3 is 3.09 bits per heavy atom. The highest BCUT2D eigenvalue weighted by atomic mass is 16.2. The SMILES string of the molecule is O=C1CC=CC2[C]NC(=O)C12. The predicted octanol–water partition coefficient (Wildman–Crippen LogP) is -0.0836. The van der Waals surface area contributed by atoms with Crippen LogP contribution in [-0.2, 0) is 9.59 Å². The van der Waals surface area contributed by atoms with Gasteiger partial charge in [-0.05, 0) is 0 Å². The van der Waals surface area contributed by atoms with E-state index in [4.69, 9.17) is 0 Å². The molecule has 0 aromatic heterocycles. The molecule has 0 aromatic carbocycles. The molecule has 2 radical (unpaired) electrons. The topological polar surface area (TPSA) is 46.2 Å². The first-order chi connectivity index (χ1) is 5.29. The van der Waals surface area contributed by atoms with Crippen LogP contribution in [0.1, 0.15) is 6.42 Å². The molecule has 1 aliphatic heterocycles. The third kappa shape index (κ3) is 0.878. The fourth-order valence-corrected chi connectivity index (χ4v) is 1.44. The van der Waals surface area contributed by atoms with Crippen LogP contribution in [0.25, 0.3) is 0 Å². The van der Waals surface area contributed by atoms with E-state index in [0.717, 1.165) is 0 Å². The van der Waals surface area contributed by atoms with Gasteiger partial charge >= 0.3 is 0 Å². The maximum absolute atomic E-state index is 11.1. The number of nitrogens with one attached hydrogen (secondary N) is 1. The minimum absolute atomic E-state index is 0.000000000000000666. The molecule has 0 bridgehead atoms. The highest BCUT2D eigenvalue weighted by molar-refractivity contribution is 6.05. The maximum Gasteiger partial charge on any atom is 0.231 e. The van der Waals surface area contributed by atoms with Gasteiger partial charge in [0.2, 0.25) is 5.91 Å². The second kappa shape index (κ2) is 2.19. The predicted molar refractivity (Wildman–Crippen MR) is 37.1 cm³/mol. The van der Waals surface area contributed by atoms with Crippen molar-refractivity contribution in [1.82, 2.24) is 5.32 Å². The zero-order chi connectivity index (χ0) is 7.84. The highest BCUT2D eigenvalue weighted by Crippen LogP contribution is 2.27. The summed E-state index contributed by atoms with van der Waals surface area (Å²) in [6.07, 6.45) is 4.02. The lowest BCUT2D eigenvalue weighted by atomic mass is 9.85. The summed E-state index contributed by atoms with van der Waals surface area (Å²) in [6.45, 7) is 2.73. The Labute approximate surface area is 64.5 Å². The number of ketones is 1. The molecule has 0 aromatic rings. The zero-order valence-corrected chi connectivity index (χ0v) is 5.83. The van der Waals surface area contributed by atoms with Gasteiger partial charge in [-0.1, -0.05) is 12.2 Å². The fraction of sp³-hybridized carbons (Fsp3) is 0.375. The second-order valence-corrected chi connectivity index (χ2v) is 2.74. The van der Waals surface area contributed by atoms with Crippen molar-refractivity contribution in [2.75, 3.05) is 0 Å². The molecule has 11 heavy (non-hydrogen) atoms. The van der Waals surface area contributed by atoms with Gasteiger partial charge < -0.3 is 5.32 Å². The lowest BCUT2D eigenvalue weighted by Crippen LogP contribution is -2.28. The summed E-state index contributed by atoms with van der Waals surface area (Å²) in [7, 11) is 0. The Bertz CT molecular complexity index is 244. The molecule has 2 rings (SSSR count). The second-order valence-electron chi connectivity index (χ2n) is 2.74. The summed E-state index contributed by atoms with van der Waals surface area (Å²) in [5, 5.41) is 2.43. The molecule has 1 fully saturated rings. The fourth-order valence-electron chi connectivity index (χ4n) is 1.44. The van der Waals surface area contributed by atoms with Crippen molar-refractivity contribution in [3.05, 3.63) is 18.7 Å². The standard InChI is InChI=1S/C8H7NO2/c10-6-3-1-2-5-4-9-8(11)7(5)6/h1-2,5,7H,3H2,(H,9,11). The van der Waals surface area contributed by atoms with E-state index in [9.17, 15) is 9.59 Å². The molecule has 2 atom stereocenters. The lowest BCUT2D eigenvalue weighted by Gasteiger charge is -2.13. The van der Waals surface area contributed by atoms with Crippen molar-refractivity contribution in [2.45, 2.75) is 6.42 Å². The molecular formula is C8H7NO2. The summed E-state index contributed by atoms with van der Waals surface area (Å²) in [5.74, 6) is -0.812. The summed E-state index contributed by atoms with van der Waals surface area (Å²) in [4.78, 5) is 22.1. The van der Waals surface area contributed by atoms with E-state index < -0.39 is 5.92 Å². The minimum Gasteiger partial charge on any atom is -0.344 e. The summed E-state index contributed by atoms with van der Waals surface area (Å²) < 4.78 is 0. The molecule has 1 heterocycles. The van der Waals surface area contributed by atoms with Gasteiger partial charge in [-0.25, -0.2) is 0 Å². The highest BCUT2D eigenvalue weighted by Gasteiger charge is 2.40. The van der Waals surface area contributed by atoms with Crippen LogP contribution in [0, 0.1) is 18.4 Å². The molecule has 56 valence electrons. The lowest BCUT2D eigenvalue weighted by molar-refractivity contribution is -0.132. The third-order valence-corrected chi connectivity index (χ3v) is 2.01. The van der Waals surface area contributed by atoms with Crippen molar-refractivity contribution in [3.8, 4) is 0 Å². The van der Waals surface area contributed by atoms with Crippen LogP contribution in [0.4, 0.5) is 0 Å². The first kappa shape index (κ1) is 6.58. The largest absolute Gasteiger partial charge is 0.344 e. The van der Waals surface area contributed by atoms with E-state index in [0.29, 0.717) is 6.42 Å². The molecule has 2 unspecified atom stereocenters. The van der Waals surface area contributed by atoms with Crippen LogP contribution in [0.5, 0.6) is 0 Å². The van der Waals surface area contributed by atoms with E-state index in [2.05, 4.69) is 11.9 Å². The van der Waals surface area contributed by atoms with Crippen molar-refractivity contribution in [2.24, 2.45) is 11.8 Å². The van der Waals surface area contributed by atoms with Gasteiger partial charge in [0, 0.05) is 12.3 Å². The maximum atomic E-state index is 11.1. The Morgan fingerprint density at radius 1 is 1.55 bits per heavy atom. The summed E-state index contributed by atoms with van der Waals surface area (Å²) in [6, 6.07) is 0. The molecule has 3 heteroatoms. The Kier molecular flexibility index (Phi) is 1.31. The van der Waals surface area contributed by atoms with Gasteiger partial charge in [-0.2, -0.15) is 0 Å². The Balaban J connectivity index is 2.31. The molecule has 2 aliphatic rings. The van der Waals surface area contributed by atoms with E-state index in [1.165, 1.54) is 0 Å². The van der Waals surface area contributed by atoms with E-state index in [1.54, 1.807) is 6.08 Å². The van der Waals surface area contributed by atoms with Crippen LogP contribution >= 0.6 is 0 Å². The van der Waals surface area contributed by atoms with Crippen LogP contribution < -0.4 is 5.32 Å². The molecule has 0 saturated carbocycles. The van der Waals surface area contributed by atoms with Crippen molar-refractivity contribution in [3.63, 3.8) is 0 Å². The van der Waals surface area contributed by atoms with Gasteiger partial charge in [0.15, 0.2) is 0 Å². The summed E-state index contributed by atoms with van der Waals surface area (Å²) in [5.41, 5.74) is 0. The van der Waals surface area contributed by atoms with Gasteiger partial charge in [0.1, 0.15) is 11.7 Å². The average molecular weight is 149 g/mol. The average Bonchev–Trinajstić information content (AvgIpc) is 2.34. The van der Waals surface area contributed by atoms with E-state index in [-0.39, 0.29) is 17.6 Å². The number of fused-ring (bicyclic) bond motifs is 1. The number of carbonyl (C=O) groups is 2. The van der Waals surface area contributed by atoms with Crippen LogP contribution in [0.3, 0.4) is 0 Å². The monoisotopic (exact) mass is 149 g/mol. The van der Waals surface area contributed by atoms with Gasteiger partial charge in [-0.3, -0.25) is 9.59 Å². The number of carbonyl (C=O) groups excluding carboxylic acids is 2. The van der Waals surface area contributed by atoms with Crippen LogP contribution in [0.15, 0.2) is 12.2 Å². The summed E-state index contributed by atoms with van der Waals surface area (Å²) >= 11 is 0. The first-order valence-corrected chi connectivity index (χ1v) is 3.54. The van der Waals surface area contributed by atoms with Crippen LogP contribution in [-0.4, -0.2) is 11.7 Å². The Hall–Kier alpha value is -1.12. The van der Waals surface area contributed by atoms with Crippen molar-refractivity contribution in [1.29, 1.82) is 0 Å². The number of amides is 1. The molecule has 1 aliphatic carbocycles. The number of hydrogen-bond acceptors (Lipinski definition) is 2. The number of rotatable bonds is 0. The number of hydrogen-bond donors (Lipinski definition) is 1. The van der Waals surface area contributed by atoms with Crippen LogP contribution in [0.2, 0.25) is 0 Å². The van der Waals surface area contributed by atoms with E-state index >= 15 is 0 Å². The molecular weight excluding hydrogens is 142 g/mol. The van der Waals surface area contributed by atoms with Gasteiger partial charge in [-0.15, -0.1) is 0 Å². The smallest absolute Gasteiger partial charge is 0.231 e. The Morgan fingerprint density at radius 2 is 2.36 bits per heavy atom. The molecule has 0 spiro atoms. The van der Waals surface area contributed by atoms with E-state index in [1.807, 2.05) is 6.08 Å². The molecule has 1 amide bonds. The van der Waals surface area contributed by atoms with Crippen molar-refractivity contribution >= 4 is 11.7 Å². The van der Waals surface area contributed by atoms with Gasteiger partial charge in [0.05, 0.1) is 6.54 Å². The zero-order valence-electron chi connectivity index (χ0n) is 5.83. The van der Waals surface area contributed by atoms with Crippen molar-refractivity contribution < 1.29 is 9.59 Å². The first-order valence-electron chi connectivity index (χ1n) is 3.54. The normalized spacial score (nSPS) is 35.3.